The number of fused-ring (bicyclic) bond motifs is 2. The second-order valence-corrected chi connectivity index (χ2v) is 9.53. The van der Waals surface area contributed by atoms with Crippen molar-refractivity contribution < 1.29 is 27.9 Å². The van der Waals surface area contributed by atoms with Gasteiger partial charge in [0.1, 0.15) is 17.0 Å². The number of nitrogens with one attached hydrogen (secondary N) is 1. The molecule has 1 fully saturated rings. The lowest BCUT2D eigenvalue weighted by Gasteiger charge is -2.26. The van der Waals surface area contributed by atoms with Crippen LogP contribution in [-0.2, 0) is 16.0 Å². The van der Waals surface area contributed by atoms with Crippen LogP contribution in [0.2, 0.25) is 0 Å². The zero-order valence-corrected chi connectivity index (χ0v) is 19.8. The fourth-order valence-electron chi connectivity index (χ4n) is 5.06. The Morgan fingerprint density at radius 3 is 2.47 bits per heavy atom. The highest BCUT2D eigenvalue weighted by Gasteiger charge is 2.26. The SMILES string of the molecule is Cc1c(CC(=O)NCC2CCC(C(=O)O)CC2)c(=O)oc2cc3occ(-c4ccc(F)cc4)c3cc12. The highest BCUT2D eigenvalue weighted by Crippen LogP contribution is 2.35. The summed E-state index contributed by atoms with van der Waals surface area (Å²) < 4.78 is 24.6. The van der Waals surface area contributed by atoms with Gasteiger partial charge in [-0.3, -0.25) is 9.59 Å². The third-order valence-electron chi connectivity index (χ3n) is 7.26. The minimum absolute atomic E-state index is 0.108. The Hall–Kier alpha value is -3.94. The van der Waals surface area contributed by atoms with E-state index in [9.17, 15) is 18.8 Å². The summed E-state index contributed by atoms with van der Waals surface area (Å²) in [5.41, 5.74) is 2.86. The summed E-state index contributed by atoms with van der Waals surface area (Å²) in [5.74, 6) is -1.43. The molecule has 0 radical (unpaired) electrons. The molecule has 0 bridgehead atoms. The molecule has 1 aliphatic carbocycles. The van der Waals surface area contributed by atoms with Crippen LogP contribution in [0.25, 0.3) is 33.1 Å². The second-order valence-electron chi connectivity index (χ2n) is 9.53. The standard InChI is InChI=1S/C28H26FNO6/c1-15-20-10-22-23(17-6-8-19(29)9-7-17)14-35-24(22)12-25(20)36-28(34)21(15)11-26(31)30-13-16-2-4-18(5-3-16)27(32)33/h6-10,12,14,16,18H,2-5,11,13H2,1H3,(H,30,31)(H,32,33). The van der Waals surface area contributed by atoms with Gasteiger partial charge in [0.25, 0.3) is 0 Å². The average Bonchev–Trinajstić information content (AvgIpc) is 3.28. The maximum atomic E-state index is 13.4. The largest absolute Gasteiger partial charge is 0.481 e. The Bertz CT molecular complexity index is 1510. The van der Waals surface area contributed by atoms with Gasteiger partial charge in [-0.2, -0.15) is 0 Å². The topological polar surface area (TPSA) is 110 Å². The number of rotatable bonds is 6. The van der Waals surface area contributed by atoms with Gasteiger partial charge >= 0.3 is 11.6 Å². The lowest BCUT2D eigenvalue weighted by Crippen LogP contribution is -2.34. The maximum absolute atomic E-state index is 13.4. The molecule has 1 aliphatic rings. The van der Waals surface area contributed by atoms with Crippen molar-refractivity contribution in [2.75, 3.05) is 6.54 Å². The van der Waals surface area contributed by atoms with Gasteiger partial charge in [0, 0.05) is 28.9 Å². The van der Waals surface area contributed by atoms with Crippen molar-refractivity contribution in [1.29, 1.82) is 0 Å². The zero-order valence-electron chi connectivity index (χ0n) is 19.8. The average molecular weight is 492 g/mol. The predicted octanol–water partition coefficient (Wildman–Crippen LogP) is 5.20. The van der Waals surface area contributed by atoms with Crippen molar-refractivity contribution in [1.82, 2.24) is 5.32 Å². The monoisotopic (exact) mass is 491 g/mol. The highest BCUT2D eigenvalue weighted by molar-refractivity contribution is 6.02. The van der Waals surface area contributed by atoms with E-state index in [4.69, 9.17) is 13.9 Å². The fourth-order valence-corrected chi connectivity index (χ4v) is 5.06. The molecule has 0 atom stereocenters. The number of carboxylic acid groups (broad SMARTS) is 1. The highest BCUT2D eigenvalue weighted by atomic mass is 19.1. The molecule has 8 heteroatoms. The number of carbonyl (C=O) groups excluding carboxylic acids is 1. The normalized spacial score (nSPS) is 17.9. The van der Waals surface area contributed by atoms with Crippen LogP contribution in [0.4, 0.5) is 4.39 Å². The number of hydrogen-bond acceptors (Lipinski definition) is 5. The molecule has 5 rings (SSSR count). The summed E-state index contributed by atoms with van der Waals surface area (Å²) in [7, 11) is 0. The van der Waals surface area contributed by atoms with E-state index in [-0.39, 0.29) is 30.0 Å². The van der Waals surface area contributed by atoms with Gasteiger partial charge in [-0.15, -0.1) is 0 Å². The minimum Gasteiger partial charge on any atom is -0.481 e. The number of carboxylic acids is 1. The third-order valence-corrected chi connectivity index (χ3v) is 7.26. The number of furan rings is 1. The molecular weight excluding hydrogens is 465 g/mol. The maximum Gasteiger partial charge on any atom is 0.340 e. The van der Waals surface area contributed by atoms with Gasteiger partial charge in [-0.1, -0.05) is 12.1 Å². The van der Waals surface area contributed by atoms with Crippen molar-refractivity contribution in [2.24, 2.45) is 11.8 Å². The molecule has 1 saturated carbocycles. The van der Waals surface area contributed by atoms with E-state index in [0.717, 1.165) is 29.4 Å². The first-order chi connectivity index (χ1) is 17.3. The summed E-state index contributed by atoms with van der Waals surface area (Å²) in [6.45, 7) is 2.25. The quantitative estimate of drug-likeness (QED) is 0.359. The minimum atomic E-state index is -0.756. The first-order valence-corrected chi connectivity index (χ1v) is 12.0. The number of benzene rings is 2. The Kier molecular flexibility index (Phi) is 6.35. The van der Waals surface area contributed by atoms with Crippen LogP contribution >= 0.6 is 0 Å². The van der Waals surface area contributed by atoms with Crippen LogP contribution in [0, 0.1) is 24.6 Å². The summed E-state index contributed by atoms with van der Waals surface area (Å²) in [6.07, 6.45) is 4.22. The van der Waals surface area contributed by atoms with E-state index in [1.165, 1.54) is 12.1 Å². The molecular formula is C28H26FNO6. The van der Waals surface area contributed by atoms with Gasteiger partial charge in [-0.25, -0.2) is 9.18 Å². The molecule has 2 aromatic heterocycles. The molecule has 186 valence electrons. The van der Waals surface area contributed by atoms with Crippen LogP contribution in [0.15, 0.2) is 56.3 Å². The van der Waals surface area contributed by atoms with Gasteiger partial charge in [0.05, 0.1) is 24.2 Å². The van der Waals surface area contributed by atoms with E-state index in [1.807, 2.05) is 6.07 Å². The lowest BCUT2D eigenvalue weighted by atomic mass is 9.82. The van der Waals surface area contributed by atoms with Crippen LogP contribution < -0.4 is 10.9 Å². The number of aryl methyl sites for hydroxylation is 1. The summed E-state index contributed by atoms with van der Waals surface area (Å²) in [5, 5.41) is 13.5. The smallest absolute Gasteiger partial charge is 0.340 e. The van der Waals surface area contributed by atoms with Crippen molar-refractivity contribution in [3.05, 3.63) is 70.0 Å². The van der Waals surface area contributed by atoms with Crippen LogP contribution in [0.3, 0.4) is 0 Å². The first kappa shape index (κ1) is 23.8. The molecule has 2 heterocycles. The van der Waals surface area contributed by atoms with Gasteiger partial charge in [0.2, 0.25) is 5.91 Å². The molecule has 0 unspecified atom stereocenters. The van der Waals surface area contributed by atoms with Crippen LogP contribution in [-0.4, -0.2) is 23.5 Å². The molecule has 1 amide bonds. The number of amides is 1. The van der Waals surface area contributed by atoms with E-state index in [0.29, 0.717) is 47.1 Å². The summed E-state index contributed by atoms with van der Waals surface area (Å²) >= 11 is 0. The molecule has 0 spiro atoms. The van der Waals surface area contributed by atoms with Gasteiger partial charge < -0.3 is 19.3 Å². The van der Waals surface area contributed by atoms with Crippen molar-refractivity contribution in [3.8, 4) is 11.1 Å². The van der Waals surface area contributed by atoms with E-state index in [1.54, 1.807) is 31.4 Å². The molecule has 4 aromatic rings. The van der Waals surface area contributed by atoms with Gasteiger partial charge in [-0.05, 0) is 67.9 Å². The number of halogens is 1. The zero-order chi connectivity index (χ0) is 25.4. The molecule has 0 saturated heterocycles. The first-order valence-electron chi connectivity index (χ1n) is 12.0. The molecule has 2 N–H and O–H groups in total. The number of aliphatic carboxylic acids is 1. The number of carbonyl (C=O) groups is 2. The number of hydrogen-bond donors (Lipinski definition) is 2. The van der Waals surface area contributed by atoms with Crippen molar-refractivity contribution in [2.45, 2.75) is 39.0 Å². The van der Waals surface area contributed by atoms with Crippen molar-refractivity contribution >= 4 is 33.8 Å². The Balaban J connectivity index is 1.37. The van der Waals surface area contributed by atoms with E-state index >= 15 is 0 Å². The van der Waals surface area contributed by atoms with Gasteiger partial charge in [0.15, 0.2) is 0 Å². The Labute approximate surface area is 205 Å². The van der Waals surface area contributed by atoms with Crippen LogP contribution in [0.5, 0.6) is 0 Å². The Morgan fingerprint density at radius 2 is 1.78 bits per heavy atom. The summed E-state index contributed by atoms with van der Waals surface area (Å²) in [4.78, 5) is 36.5. The lowest BCUT2D eigenvalue weighted by molar-refractivity contribution is -0.143. The predicted molar refractivity (Wildman–Crippen MR) is 132 cm³/mol. The molecule has 2 aromatic carbocycles. The van der Waals surface area contributed by atoms with E-state index < -0.39 is 11.6 Å². The second kappa shape index (κ2) is 9.60. The van der Waals surface area contributed by atoms with E-state index in [2.05, 4.69) is 5.32 Å². The molecule has 7 nitrogen and oxygen atoms in total. The summed E-state index contributed by atoms with van der Waals surface area (Å²) in [6, 6.07) is 9.64. The fraction of sp³-hybridized carbons (Fsp3) is 0.321. The third kappa shape index (κ3) is 4.63. The molecule has 36 heavy (non-hydrogen) atoms. The van der Waals surface area contributed by atoms with Crippen molar-refractivity contribution in [3.63, 3.8) is 0 Å². The molecule has 0 aliphatic heterocycles. The van der Waals surface area contributed by atoms with Crippen LogP contribution in [0.1, 0.15) is 36.8 Å². The Morgan fingerprint density at radius 1 is 1.06 bits per heavy atom.